The molecule has 1 amide bonds. The second kappa shape index (κ2) is 4.61. The lowest BCUT2D eigenvalue weighted by Gasteiger charge is -2.26. The van der Waals surface area contributed by atoms with Gasteiger partial charge in [0.1, 0.15) is 0 Å². The lowest BCUT2D eigenvalue weighted by atomic mass is 10.0. The Morgan fingerprint density at radius 1 is 1.50 bits per heavy atom. The fraction of sp³-hybridized carbons (Fsp3) is 0.500. The first-order valence-corrected chi connectivity index (χ1v) is 5.69. The molecule has 0 aromatic carbocycles. The molecule has 4 nitrogen and oxygen atoms in total. The van der Waals surface area contributed by atoms with Crippen LogP contribution in [0.15, 0.2) is 24.5 Å². The average molecular weight is 219 g/mol. The zero-order valence-electron chi connectivity index (χ0n) is 9.47. The summed E-state index contributed by atoms with van der Waals surface area (Å²) in [6, 6.07) is 3.80. The van der Waals surface area contributed by atoms with Crippen LogP contribution in [0.5, 0.6) is 0 Å². The van der Waals surface area contributed by atoms with Gasteiger partial charge in [-0.2, -0.15) is 0 Å². The summed E-state index contributed by atoms with van der Waals surface area (Å²) >= 11 is 0. The average Bonchev–Trinajstić information content (AvgIpc) is 2.56. The third-order valence-electron chi connectivity index (χ3n) is 2.98. The maximum absolute atomic E-state index is 11.8. The number of pyridine rings is 1. The molecule has 2 rings (SSSR count). The molecule has 1 aromatic heterocycles. The molecule has 1 aromatic rings. The molecule has 1 saturated heterocycles. The Hall–Kier alpha value is -1.42. The predicted molar refractivity (Wildman–Crippen MR) is 61.6 cm³/mol. The topological polar surface area (TPSA) is 59.2 Å². The van der Waals surface area contributed by atoms with Gasteiger partial charge in [0.25, 0.3) is 0 Å². The molecular weight excluding hydrogens is 202 g/mol. The van der Waals surface area contributed by atoms with Gasteiger partial charge in [-0.15, -0.1) is 0 Å². The van der Waals surface area contributed by atoms with Crippen LogP contribution in [0.1, 0.15) is 31.4 Å². The minimum absolute atomic E-state index is 0.0236. The Morgan fingerprint density at radius 2 is 2.19 bits per heavy atom. The van der Waals surface area contributed by atoms with Crippen LogP contribution in [0, 0.1) is 0 Å². The second-order valence-corrected chi connectivity index (χ2v) is 4.18. The number of amides is 1. The molecule has 4 heteroatoms. The van der Waals surface area contributed by atoms with Crippen molar-refractivity contribution < 1.29 is 4.79 Å². The zero-order valence-corrected chi connectivity index (χ0v) is 9.47. The standard InChI is InChI=1S/C12H17N3O/c1-2-7-15-11(16)8-10(13)12(15)9-3-5-14-6-4-9/h3-6,10,12H,2,7-8,13H2,1H3/t10-,12+/m0/s1. The van der Waals surface area contributed by atoms with Crippen molar-refractivity contribution in [3.63, 3.8) is 0 Å². The number of rotatable bonds is 3. The highest BCUT2D eigenvalue weighted by Crippen LogP contribution is 2.31. The van der Waals surface area contributed by atoms with Gasteiger partial charge >= 0.3 is 0 Å². The summed E-state index contributed by atoms with van der Waals surface area (Å²) in [6.45, 7) is 2.85. The van der Waals surface area contributed by atoms with Crippen LogP contribution >= 0.6 is 0 Å². The van der Waals surface area contributed by atoms with Crippen LogP contribution in [0.4, 0.5) is 0 Å². The number of aromatic nitrogens is 1. The van der Waals surface area contributed by atoms with E-state index in [0.717, 1.165) is 18.5 Å². The molecular formula is C12H17N3O. The molecule has 2 heterocycles. The third-order valence-corrected chi connectivity index (χ3v) is 2.98. The largest absolute Gasteiger partial charge is 0.334 e. The Bertz CT molecular complexity index is 366. The Labute approximate surface area is 95.5 Å². The fourth-order valence-electron chi connectivity index (χ4n) is 2.31. The number of hydrogen-bond donors (Lipinski definition) is 1. The molecule has 0 unspecified atom stereocenters. The van der Waals surface area contributed by atoms with E-state index in [0.29, 0.717) is 6.42 Å². The van der Waals surface area contributed by atoms with Gasteiger partial charge in [-0.25, -0.2) is 0 Å². The SMILES string of the molecule is CCCN1C(=O)C[C@H](N)[C@H]1c1ccncc1. The molecule has 2 N–H and O–H groups in total. The number of likely N-dealkylation sites (tertiary alicyclic amines) is 1. The molecule has 0 saturated carbocycles. The van der Waals surface area contributed by atoms with Gasteiger partial charge in [-0.3, -0.25) is 9.78 Å². The summed E-state index contributed by atoms with van der Waals surface area (Å²) in [5.74, 6) is 0.163. The molecule has 86 valence electrons. The van der Waals surface area contributed by atoms with E-state index in [1.807, 2.05) is 17.0 Å². The molecule has 0 spiro atoms. The Balaban J connectivity index is 2.27. The number of hydrogen-bond acceptors (Lipinski definition) is 3. The van der Waals surface area contributed by atoms with Crippen molar-refractivity contribution in [2.24, 2.45) is 5.73 Å². The summed E-state index contributed by atoms with van der Waals surface area (Å²) in [5.41, 5.74) is 7.12. The highest BCUT2D eigenvalue weighted by Gasteiger charge is 2.37. The summed E-state index contributed by atoms with van der Waals surface area (Å²) in [7, 11) is 0. The Kier molecular flexibility index (Phi) is 3.19. The van der Waals surface area contributed by atoms with Crippen molar-refractivity contribution in [1.29, 1.82) is 0 Å². The predicted octanol–water partition coefficient (Wildman–Crippen LogP) is 1.09. The van der Waals surface area contributed by atoms with Crippen molar-refractivity contribution in [3.8, 4) is 0 Å². The summed E-state index contributed by atoms with van der Waals surface area (Å²) in [6.07, 6.45) is 4.90. The number of nitrogens with two attached hydrogens (primary N) is 1. The maximum atomic E-state index is 11.8. The minimum Gasteiger partial charge on any atom is -0.334 e. The van der Waals surface area contributed by atoms with Gasteiger partial charge in [-0.1, -0.05) is 6.92 Å². The molecule has 1 aliphatic heterocycles. The van der Waals surface area contributed by atoms with Gasteiger partial charge in [-0.05, 0) is 24.1 Å². The zero-order chi connectivity index (χ0) is 11.5. The summed E-state index contributed by atoms with van der Waals surface area (Å²) < 4.78 is 0. The first kappa shape index (κ1) is 11.1. The van der Waals surface area contributed by atoms with Crippen molar-refractivity contribution in [2.45, 2.75) is 31.8 Å². The van der Waals surface area contributed by atoms with Crippen molar-refractivity contribution in [2.75, 3.05) is 6.54 Å². The smallest absolute Gasteiger partial charge is 0.224 e. The molecule has 1 aliphatic rings. The van der Waals surface area contributed by atoms with Crippen LogP contribution in [-0.4, -0.2) is 28.4 Å². The van der Waals surface area contributed by atoms with E-state index in [9.17, 15) is 4.79 Å². The van der Waals surface area contributed by atoms with Crippen LogP contribution in [0.25, 0.3) is 0 Å². The monoisotopic (exact) mass is 219 g/mol. The van der Waals surface area contributed by atoms with Crippen molar-refractivity contribution >= 4 is 5.91 Å². The maximum Gasteiger partial charge on any atom is 0.224 e. The van der Waals surface area contributed by atoms with E-state index in [1.54, 1.807) is 12.4 Å². The quantitative estimate of drug-likeness (QED) is 0.828. The molecule has 1 fully saturated rings. The van der Waals surface area contributed by atoms with Crippen LogP contribution in [0.2, 0.25) is 0 Å². The normalized spacial score (nSPS) is 25.1. The van der Waals surface area contributed by atoms with Gasteiger partial charge in [0.2, 0.25) is 5.91 Å². The van der Waals surface area contributed by atoms with Gasteiger partial charge in [0.05, 0.1) is 6.04 Å². The van der Waals surface area contributed by atoms with E-state index in [1.165, 1.54) is 0 Å². The lowest BCUT2D eigenvalue weighted by molar-refractivity contribution is -0.129. The highest BCUT2D eigenvalue weighted by atomic mass is 16.2. The van der Waals surface area contributed by atoms with Crippen LogP contribution in [-0.2, 0) is 4.79 Å². The van der Waals surface area contributed by atoms with Crippen LogP contribution < -0.4 is 5.73 Å². The first-order valence-electron chi connectivity index (χ1n) is 5.69. The van der Waals surface area contributed by atoms with Gasteiger partial charge < -0.3 is 10.6 Å². The molecule has 2 atom stereocenters. The number of carbonyl (C=O) groups excluding carboxylic acids is 1. The van der Waals surface area contributed by atoms with E-state index in [4.69, 9.17) is 5.73 Å². The van der Waals surface area contributed by atoms with Crippen LogP contribution in [0.3, 0.4) is 0 Å². The van der Waals surface area contributed by atoms with Crippen molar-refractivity contribution in [1.82, 2.24) is 9.88 Å². The summed E-state index contributed by atoms with van der Waals surface area (Å²) in [5, 5.41) is 0. The first-order chi connectivity index (χ1) is 7.74. The summed E-state index contributed by atoms with van der Waals surface area (Å²) in [4.78, 5) is 17.7. The molecule has 0 bridgehead atoms. The van der Waals surface area contributed by atoms with E-state index >= 15 is 0 Å². The second-order valence-electron chi connectivity index (χ2n) is 4.18. The van der Waals surface area contributed by atoms with Crippen molar-refractivity contribution in [3.05, 3.63) is 30.1 Å². The number of carbonyl (C=O) groups is 1. The Morgan fingerprint density at radius 3 is 2.81 bits per heavy atom. The van der Waals surface area contributed by atoms with E-state index < -0.39 is 0 Å². The third kappa shape index (κ3) is 1.93. The molecule has 0 radical (unpaired) electrons. The van der Waals surface area contributed by atoms with E-state index in [-0.39, 0.29) is 18.0 Å². The minimum atomic E-state index is -0.0959. The van der Waals surface area contributed by atoms with Gasteiger partial charge in [0.15, 0.2) is 0 Å². The lowest BCUT2D eigenvalue weighted by Crippen LogP contribution is -2.33. The van der Waals surface area contributed by atoms with Gasteiger partial charge in [0, 0.05) is 31.4 Å². The molecule has 16 heavy (non-hydrogen) atoms. The van der Waals surface area contributed by atoms with E-state index in [2.05, 4.69) is 11.9 Å². The highest BCUT2D eigenvalue weighted by molar-refractivity contribution is 5.80. The number of nitrogens with zero attached hydrogens (tertiary/aromatic N) is 2. The molecule has 0 aliphatic carbocycles. The fourth-order valence-corrected chi connectivity index (χ4v) is 2.31.